The first kappa shape index (κ1) is 17.5. The van der Waals surface area contributed by atoms with Crippen LogP contribution in [0.25, 0.3) is 11.4 Å². The van der Waals surface area contributed by atoms with Gasteiger partial charge in [-0.2, -0.15) is 4.98 Å². The lowest BCUT2D eigenvalue weighted by Crippen LogP contribution is -2.26. The summed E-state index contributed by atoms with van der Waals surface area (Å²) < 4.78 is 18.5. The van der Waals surface area contributed by atoms with Crippen LogP contribution in [0.5, 0.6) is 0 Å². The summed E-state index contributed by atoms with van der Waals surface area (Å²) in [5.41, 5.74) is 1.23. The second kappa shape index (κ2) is 8.20. The van der Waals surface area contributed by atoms with E-state index in [0.29, 0.717) is 48.1 Å². The van der Waals surface area contributed by atoms with E-state index < -0.39 is 0 Å². The molecule has 1 amide bonds. The minimum absolute atomic E-state index is 0.0108. The molecule has 0 bridgehead atoms. The first-order chi connectivity index (χ1) is 12.1. The Labute approximate surface area is 146 Å². The van der Waals surface area contributed by atoms with Crippen LogP contribution in [0, 0.1) is 18.7 Å². The Morgan fingerprint density at radius 1 is 1.48 bits per heavy atom. The predicted octanol–water partition coefficient (Wildman–Crippen LogP) is 2.23. The molecule has 1 unspecified atom stereocenters. The molecule has 1 aromatic carbocycles. The first-order valence-corrected chi connectivity index (χ1v) is 8.68. The number of nitrogens with zero attached hydrogens (tertiary/aromatic N) is 2. The molecule has 1 aliphatic rings. The third-order valence-corrected chi connectivity index (χ3v) is 4.49. The summed E-state index contributed by atoms with van der Waals surface area (Å²) >= 11 is 0. The highest BCUT2D eigenvalue weighted by molar-refractivity contribution is 5.76. The van der Waals surface area contributed by atoms with Crippen molar-refractivity contribution < 1.29 is 13.7 Å². The first-order valence-electron chi connectivity index (χ1n) is 8.68. The number of rotatable bonds is 7. The Kier molecular flexibility index (Phi) is 5.75. The van der Waals surface area contributed by atoms with Gasteiger partial charge in [0.25, 0.3) is 0 Å². The number of halogens is 1. The van der Waals surface area contributed by atoms with Crippen LogP contribution in [0.2, 0.25) is 0 Å². The summed E-state index contributed by atoms with van der Waals surface area (Å²) in [6.45, 7) is 4.51. The molecule has 1 aliphatic heterocycles. The van der Waals surface area contributed by atoms with Gasteiger partial charge in [-0.15, -0.1) is 0 Å². The Hall–Kier alpha value is -2.28. The summed E-state index contributed by atoms with van der Waals surface area (Å²) in [4.78, 5) is 16.2. The van der Waals surface area contributed by atoms with Crippen LogP contribution >= 0.6 is 0 Å². The molecule has 134 valence electrons. The number of carbonyl (C=O) groups is 1. The van der Waals surface area contributed by atoms with Crippen LogP contribution in [-0.2, 0) is 11.2 Å². The van der Waals surface area contributed by atoms with E-state index in [1.807, 2.05) is 0 Å². The summed E-state index contributed by atoms with van der Waals surface area (Å²) in [5, 5.41) is 10.2. The van der Waals surface area contributed by atoms with Crippen LogP contribution in [0.3, 0.4) is 0 Å². The maximum atomic E-state index is 13.3. The smallest absolute Gasteiger partial charge is 0.227 e. The third kappa shape index (κ3) is 4.85. The van der Waals surface area contributed by atoms with Crippen LogP contribution in [0.4, 0.5) is 4.39 Å². The van der Waals surface area contributed by atoms with Crippen molar-refractivity contribution in [3.05, 3.63) is 35.5 Å². The van der Waals surface area contributed by atoms with E-state index >= 15 is 0 Å². The zero-order chi connectivity index (χ0) is 17.6. The largest absolute Gasteiger partial charge is 0.356 e. The Morgan fingerprint density at radius 2 is 2.36 bits per heavy atom. The fourth-order valence-corrected chi connectivity index (χ4v) is 2.94. The predicted molar refractivity (Wildman–Crippen MR) is 91.4 cm³/mol. The minimum atomic E-state index is -0.266. The van der Waals surface area contributed by atoms with Gasteiger partial charge >= 0.3 is 0 Å². The monoisotopic (exact) mass is 346 g/mol. The SMILES string of the molecule is Cc1cc(-c2noc(CCC(=O)NCCC3CCNC3)n2)ccc1F. The third-order valence-electron chi connectivity index (χ3n) is 4.49. The van der Waals surface area contributed by atoms with Gasteiger partial charge in [0.05, 0.1) is 0 Å². The van der Waals surface area contributed by atoms with Crippen molar-refractivity contribution in [2.75, 3.05) is 19.6 Å². The molecular weight excluding hydrogens is 323 g/mol. The van der Waals surface area contributed by atoms with E-state index in [-0.39, 0.29) is 11.7 Å². The molecule has 0 saturated carbocycles. The van der Waals surface area contributed by atoms with Crippen LogP contribution in [0.15, 0.2) is 22.7 Å². The van der Waals surface area contributed by atoms with E-state index in [1.54, 1.807) is 19.1 Å². The number of aryl methyl sites for hydroxylation is 2. The normalized spacial score (nSPS) is 17.0. The van der Waals surface area contributed by atoms with Gasteiger partial charge in [-0.25, -0.2) is 4.39 Å². The van der Waals surface area contributed by atoms with Gasteiger partial charge in [0, 0.05) is 24.9 Å². The molecule has 3 rings (SSSR count). The second-order valence-electron chi connectivity index (χ2n) is 6.47. The van der Waals surface area contributed by atoms with E-state index in [0.717, 1.165) is 19.5 Å². The van der Waals surface area contributed by atoms with Crippen molar-refractivity contribution in [3.8, 4) is 11.4 Å². The number of amides is 1. The van der Waals surface area contributed by atoms with Crippen molar-refractivity contribution >= 4 is 5.91 Å². The molecule has 7 heteroatoms. The molecule has 2 aromatic rings. The molecule has 1 saturated heterocycles. The molecule has 0 spiro atoms. The maximum absolute atomic E-state index is 13.3. The second-order valence-corrected chi connectivity index (χ2v) is 6.47. The Balaban J connectivity index is 1.44. The van der Waals surface area contributed by atoms with E-state index in [2.05, 4.69) is 20.8 Å². The average Bonchev–Trinajstić information content (AvgIpc) is 3.27. The van der Waals surface area contributed by atoms with Gasteiger partial charge in [-0.1, -0.05) is 5.16 Å². The summed E-state index contributed by atoms with van der Waals surface area (Å²) in [5.74, 6) is 1.21. The Morgan fingerprint density at radius 3 is 3.12 bits per heavy atom. The standard InChI is InChI=1S/C18H23FN4O2/c1-12-10-14(2-3-15(12)19)18-22-17(25-23-18)5-4-16(24)21-9-7-13-6-8-20-11-13/h2-3,10,13,20H,4-9,11H2,1H3,(H,21,24). The number of benzene rings is 1. The molecule has 1 atom stereocenters. The summed E-state index contributed by atoms with van der Waals surface area (Å²) in [6, 6.07) is 4.67. The van der Waals surface area contributed by atoms with Gasteiger partial charge in [0.15, 0.2) is 0 Å². The number of nitrogens with one attached hydrogen (secondary N) is 2. The van der Waals surface area contributed by atoms with Crippen molar-refractivity contribution in [2.24, 2.45) is 5.92 Å². The lowest BCUT2D eigenvalue weighted by molar-refractivity contribution is -0.121. The van der Waals surface area contributed by atoms with Crippen LogP contribution in [-0.4, -0.2) is 35.7 Å². The number of carbonyl (C=O) groups excluding carboxylic acids is 1. The number of hydrogen-bond acceptors (Lipinski definition) is 5. The average molecular weight is 346 g/mol. The highest BCUT2D eigenvalue weighted by atomic mass is 19.1. The van der Waals surface area contributed by atoms with E-state index in [4.69, 9.17) is 4.52 Å². The molecule has 25 heavy (non-hydrogen) atoms. The lowest BCUT2D eigenvalue weighted by atomic mass is 10.1. The van der Waals surface area contributed by atoms with Gasteiger partial charge < -0.3 is 15.2 Å². The molecule has 2 N–H and O–H groups in total. The van der Waals surface area contributed by atoms with E-state index in [9.17, 15) is 9.18 Å². The zero-order valence-corrected chi connectivity index (χ0v) is 14.3. The fourth-order valence-electron chi connectivity index (χ4n) is 2.94. The molecule has 2 heterocycles. The van der Waals surface area contributed by atoms with Gasteiger partial charge in [0.2, 0.25) is 17.6 Å². The van der Waals surface area contributed by atoms with Crippen molar-refractivity contribution in [2.45, 2.75) is 32.6 Å². The van der Waals surface area contributed by atoms with Crippen molar-refractivity contribution in [3.63, 3.8) is 0 Å². The molecule has 0 radical (unpaired) electrons. The van der Waals surface area contributed by atoms with Gasteiger partial charge in [0.1, 0.15) is 5.82 Å². The minimum Gasteiger partial charge on any atom is -0.356 e. The quantitative estimate of drug-likeness (QED) is 0.804. The van der Waals surface area contributed by atoms with Crippen LogP contribution in [0.1, 0.15) is 30.7 Å². The van der Waals surface area contributed by atoms with Crippen molar-refractivity contribution in [1.29, 1.82) is 0 Å². The summed E-state index contributed by atoms with van der Waals surface area (Å²) in [7, 11) is 0. The summed E-state index contributed by atoms with van der Waals surface area (Å²) in [6.07, 6.45) is 2.90. The molecule has 1 aromatic heterocycles. The van der Waals surface area contributed by atoms with E-state index in [1.165, 1.54) is 12.5 Å². The molecule has 0 aliphatic carbocycles. The molecule has 6 nitrogen and oxygen atoms in total. The number of hydrogen-bond donors (Lipinski definition) is 2. The zero-order valence-electron chi connectivity index (χ0n) is 14.3. The topological polar surface area (TPSA) is 80.0 Å². The highest BCUT2D eigenvalue weighted by Crippen LogP contribution is 2.19. The lowest BCUT2D eigenvalue weighted by Gasteiger charge is -2.08. The fraction of sp³-hybridized carbons (Fsp3) is 0.500. The molecule has 1 fully saturated rings. The van der Waals surface area contributed by atoms with Gasteiger partial charge in [-0.05, 0) is 62.5 Å². The molecular formula is C18H23FN4O2. The highest BCUT2D eigenvalue weighted by Gasteiger charge is 2.15. The van der Waals surface area contributed by atoms with Crippen molar-refractivity contribution in [1.82, 2.24) is 20.8 Å². The Bertz CT molecular complexity index is 726. The maximum Gasteiger partial charge on any atom is 0.227 e. The van der Waals surface area contributed by atoms with Crippen LogP contribution < -0.4 is 10.6 Å². The van der Waals surface area contributed by atoms with Gasteiger partial charge in [-0.3, -0.25) is 4.79 Å². The number of aromatic nitrogens is 2.